The molecule has 1 aliphatic heterocycles. The summed E-state index contributed by atoms with van der Waals surface area (Å²) in [4.78, 5) is 0. The number of aromatic nitrogens is 1. The van der Waals surface area contributed by atoms with Crippen LogP contribution in [0.5, 0.6) is 0 Å². The van der Waals surface area contributed by atoms with E-state index in [-0.39, 0.29) is 16.2 Å². The Bertz CT molecular complexity index is 2860. The van der Waals surface area contributed by atoms with E-state index in [9.17, 15) is 0 Å². The fourth-order valence-corrected chi connectivity index (χ4v) is 11.7. The summed E-state index contributed by atoms with van der Waals surface area (Å²) in [5, 5.41) is 6.87. The average Bonchev–Trinajstić information content (AvgIpc) is 3.70. The zero-order chi connectivity index (χ0) is 42.4. The van der Waals surface area contributed by atoms with Crippen molar-refractivity contribution in [2.24, 2.45) is 0 Å². The smallest absolute Gasteiger partial charge is 0.198 e. The van der Waals surface area contributed by atoms with Crippen LogP contribution in [0.4, 0.5) is 11.4 Å². The number of hydrogen-bond acceptors (Lipinski definition) is 1. The van der Waals surface area contributed by atoms with Crippen LogP contribution in [-0.4, -0.2) is 11.8 Å². The predicted molar refractivity (Wildman–Crippen MR) is 266 cm³/mol. The Balaban J connectivity index is 1.24. The molecule has 3 aliphatic rings. The van der Waals surface area contributed by atoms with Gasteiger partial charge in [0.1, 0.15) is 0 Å². The molecule has 3 heteroatoms. The normalized spacial score (nSPS) is 16.2. The lowest BCUT2D eigenvalue weighted by atomic mass is 9.58. The van der Waals surface area contributed by atoms with Gasteiger partial charge in [-0.05, 0) is 160 Å². The number of aryl methyl sites for hydroxylation is 3. The van der Waals surface area contributed by atoms with Gasteiger partial charge in [-0.15, -0.1) is 0 Å². The van der Waals surface area contributed by atoms with Crippen LogP contribution in [-0.2, 0) is 29.1 Å². The van der Waals surface area contributed by atoms with Crippen molar-refractivity contribution in [3.63, 3.8) is 0 Å². The van der Waals surface area contributed by atoms with Crippen molar-refractivity contribution < 1.29 is 0 Å². The van der Waals surface area contributed by atoms with E-state index in [2.05, 4.69) is 169 Å². The van der Waals surface area contributed by atoms with Crippen molar-refractivity contribution in [2.75, 3.05) is 5.32 Å². The van der Waals surface area contributed by atoms with Gasteiger partial charge in [0.05, 0.1) is 5.52 Å². The fourth-order valence-electron chi connectivity index (χ4n) is 11.7. The molecule has 61 heavy (non-hydrogen) atoms. The number of nitrogens with zero attached hydrogens (tertiary/aromatic N) is 1. The van der Waals surface area contributed by atoms with Crippen molar-refractivity contribution in [2.45, 2.75) is 143 Å². The molecule has 0 amide bonds. The largest absolute Gasteiger partial charge is 0.355 e. The molecule has 1 aromatic heterocycles. The maximum absolute atomic E-state index is 4.04. The zero-order valence-corrected chi connectivity index (χ0v) is 38.5. The van der Waals surface area contributed by atoms with Crippen molar-refractivity contribution in [1.29, 1.82) is 0 Å². The molecule has 0 bridgehead atoms. The van der Waals surface area contributed by atoms with Crippen LogP contribution in [0.25, 0.3) is 49.7 Å². The molecule has 1 N–H and O–H groups in total. The van der Waals surface area contributed by atoms with Crippen molar-refractivity contribution >= 4 is 51.4 Å². The first kappa shape index (κ1) is 40.1. The first-order chi connectivity index (χ1) is 29.3. The Kier molecular flexibility index (Phi) is 9.74. The molecule has 2 aliphatic carbocycles. The van der Waals surface area contributed by atoms with E-state index in [1.807, 2.05) is 0 Å². The van der Waals surface area contributed by atoms with Crippen molar-refractivity contribution in [3.05, 3.63) is 136 Å². The number of anilines is 2. The van der Waals surface area contributed by atoms with Crippen LogP contribution in [0.15, 0.2) is 97.1 Å². The summed E-state index contributed by atoms with van der Waals surface area (Å²) in [6.07, 6.45) is 12.2. The molecule has 0 fully saturated rings. The van der Waals surface area contributed by atoms with E-state index in [1.165, 1.54) is 157 Å². The first-order valence-corrected chi connectivity index (χ1v) is 23.7. The molecule has 0 spiro atoms. The second kappa shape index (κ2) is 14.8. The highest BCUT2D eigenvalue weighted by Gasteiger charge is 2.40. The van der Waals surface area contributed by atoms with Gasteiger partial charge in [-0.2, -0.15) is 0 Å². The molecule has 2 heterocycles. The quantitative estimate of drug-likeness (QED) is 0.102. The minimum absolute atomic E-state index is 0.108. The van der Waals surface area contributed by atoms with Crippen molar-refractivity contribution in [3.8, 4) is 27.9 Å². The highest BCUT2D eigenvalue weighted by molar-refractivity contribution is 6.73. The lowest BCUT2D eigenvalue weighted by Crippen LogP contribution is -2.38. The average molecular weight is 801 g/mol. The van der Waals surface area contributed by atoms with Gasteiger partial charge in [0, 0.05) is 44.3 Å². The van der Waals surface area contributed by atoms with E-state index in [1.54, 1.807) is 0 Å². The third kappa shape index (κ3) is 6.51. The van der Waals surface area contributed by atoms with Crippen LogP contribution in [0.2, 0.25) is 0 Å². The lowest BCUT2D eigenvalue weighted by Gasteiger charge is -2.42. The Morgan fingerprint density at radius 1 is 0.607 bits per heavy atom. The van der Waals surface area contributed by atoms with E-state index >= 15 is 0 Å². The molecule has 0 unspecified atom stereocenters. The van der Waals surface area contributed by atoms with Crippen LogP contribution < -0.4 is 16.2 Å². The van der Waals surface area contributed by atoms with Gasteiger partial charge in [0.15, 0.2) is 7.28 Å². The Morgan fingerprint density at radius 3 is 2.00 bits per heavy atom. The van der Waals surface area contributed by atoms with Gasteiger partial charge in [0.25, 0.3) is 0 Å². The van der Waals surface area contributed by atoms with Gasteiger partial charge in [-0.3, -0.25) is 0 Å². The van der Waals surface area contributed by atoms with Gasteiger partial charge in [-0.1, -0.05) is 141 Å². The highest BCUT2D eigenvalue weighted by atomic mass is 15.0. The summed E-state index contributed by atoms with van der Waals surface area (Å²) in [5.41, 5.74) is 25.0. The summed E-state index contributed by atoms with van der Waals surface area (Å²) < 4.78 is 2.70. The van der Waals surface area contributed by atoms with Crippen LogP contribution in [0, 0.1) is 6.92 Å². The maximum Gasteiger partial charge on any atom is 0.198 e. The van der Waals surface area contributed by atoms with E-state index in [0.717, 1.165) is 25.8 Å². The van der Waals surface area contributed by atoms with E-state index < -0.39 is 0 Å². The summed E-state index contributed by atoms with van der Waals surface area (Å²) >= 11 is 0. The number of benzene rings is 6. The number of nitrogens with one attached hydrogen (secondary N) is 1. The lowest BCUT2D eigenvalue weighted by molar-refractivity contribution is 0.332. The molecule has 310 valence electrons. The van der Waals surface area contributed by atoms with Gasteiger partial charge >= 0.3 is 0 Å². The zero-order valence-electron chi connectivity index (χ0n) is 38.5. The highest BCUT2D eigenvalue weighted by Crippen LogP contribution is 2.53. The summed E-state index contributed by atoms with van der Waals surface area (Å²) in [6, 6.07) is 38.7. The Hall–Kier alpha value is -5.02. The maximum atomic E-state index is 4.04. The Labute approximate surface area is 366 Å². The minimum Gasteiger partial charge on any atom is -0.355 e. The second-order valence-electron chi connectivity index (χ2n) is 21.0. The standard InChI is InChI=1S/C58H65BN2/c1-10-12-14-18-37-22-25-39(26-23-37)60-50-34-41-40-20-16-17-21-45(40)58(8,9)46(41)32-42(50)43-30-36(3)53-44-33-47-48(57(6,7)29-28-56(47,4)5)35-52(44)61-51-27-24-38(19-15-13-11-2)31-49(51)59-54(43)55(53)61/h16-17,20-27,30-35,59-60H,10-15,18-19,28-29H2,1-9H3. The molecule has 0 saturated heterocycles. The van der Waals surface area contributed by atoms with Gasteiger partial charge in [0.2, 0.25) is 0 Å². The van der Waals surface area contributed by atoms with Gasteiger partial charge in [-0.25, -0.2) is 0 Å². The molecule has 0 saturated carbocycles. The monoisotopic (exact) mass is 801 g/mol. The second-order valence-corrected chi connectivity index (χ2v) is 21.0. The van der Waals surface area contributed by atoms with E-state index in [0.29, 0.717) is 0 Å². The minimum atomic E-state index is -0.108. The molecule has 7 aromatic rings. The first-order valence-electron chi connectivity index (χ1n) is 23.7. The third-order valence-electron chi connectivity index (χ3n) is 15.4. The molecular formula is C58H65BN2. The molecular weight excluding hydrogens is 735 g/mol. The van der Waals surface area contributed by atoms with Crippen LogP contribution >= 0.6 is 0 Å². The van der Waals surface area contributed by atoms with Crippen LogP contribution in [0.3, 0.4) is 0 Å². The number of hydrogen-bond donors (Lipinski definition) is 1. The molecule has 10 rings (SSSR count). The van der Waals surface area contributed by atoms with Crippen LogP contribution in [0.1, 0.15) is 146 Å². The molecule has 2 nitrogen and oxygen atoms in total. The molecule has 0 radical (unpaired) electrons. The summed E-state index contributed by atoms with van der Waals surface area (Å²) in [7, 11) is 0.919. The third-order valence-corrected chi connectivity index (χ3v) is 15.4. The number of rotatable bonds is 11. The SMILES string of the molecule is CCCCCc1ccc(Nc2cc3c(cc2-c2cc(C)c4c5cc6c(cc5n5c4c2Bc2cc(CCCCC)ccc2-5)C(C)(C)CCC6(C)C)C(C)(C)c2ccccc2-3)cc1. The van der Waals surface area contributed by atoms with Gasteiger partial charge < -0.3 is 9.88 Å². The molecule has 6 aromatic carbocycles. The van der Waals surface area contributed by atoms with Crippen molar-refractivity contribution in [1.82, 2.24) is 4.57 Å². The topological polar surface area (TPSA) is 17.0 Å². The molecule has 0 atom stereocenters. The fraction of sp³-hybridized carbons (Fsp3) is 0.379. The van der Waals surface area contributed by atoms with E-state index in [4.69, 9.17) is 0 Å². The summed E-state index contributed by atoms with van der Waals surface area (Å²) in [6.45, 7) is 21.7. The number of fused-ring (bicyclic) bond motifs is 9. The summed E-state index contributed by atoms with van der Waals surface area (Å²) in [5.74, 6) is 0. The Morgan fingerprint density at radius 2 is 1.28 bits per heavy atom. The predicted octanol–water partition coefficient (Wildman–Crippen LogP) is 14.3. The number of unbranched alkanes of at least 4 members (excludes halogenated alkanes) is 4.